The Morgan fingerprint density at radius 3 is 2.81 bits per heavy atom. The average Bonchev–Trinajstić information content (AvgIpc) is 2.79. The van der Waals surface area contributed by atoms with Gasteiger partial charge in [0, 0.05) is 11.4 Å². The molecule has 2 aromatic heterocycles. The molecule has 0 atom stereocenters. The minimum Gasteiger partial charge on any atom is -0.399 e. The van der Waals surface area contributed by atoms with Gasteiger partial charge in [-0.05, 0) is 55.4 Å². The second-order valence-corrected chi connectivity index (χ2v) is 6.95. The fourth-order valence-corrected chi connectivity index (χ4v) is 4.28. The number of aryl methyl sites for hydroxylation is 2. The Bertz CT molecular complexity index is 877. The molecule has 104 valence electrons. The molecule has 0 aliphatic carbocycles. The van der Waals surface area contributed by atoms with Crippen LogP contribution in [0.2, 0.25) is 0 Å². The number of hydrogen-bond donors (Lipinski definition) is 1. The van der Waals surface area contributed by atoms with Crippen molar-refractivity contribution in [3.8, 4) is 6.07 Å². The van der Waals surface area contributed by atoms with E-state index < -0.39 is 0 Å². The summed E-state index contributed by atoms with van der Waals surface area (Å²) in [4.78, 5) is 9.03. The molecule has 3 aromatic rings. The molecule has 0 bridgehead atoms. The molecule has 4 nitrogen and oxygen atoms in total. The van der Waals surface area contributed by atoms with Crippen LogP contribution in [-0.2, 0) is 0 Å². The minimum atomic E-state index is 0.615. The van der Waals surface area contributed by atoms with Gasteiger partial charge in [-0.1, -0.05) is 0 Å². The highest BCUT2D eigenvalue weighted by atomic mass is 32.2. The van der Waals surface area contributed by atoms with Crippen molar-refractivity contribution >= 4 is 39.0 Å². The molecule has 0 saturated heterocycles. The maximum atomic E-state index is 9.31. The number of nitrogens with two attached hydrogens (primary N) is 1. The average molecular weight is 312 g/mol. The van der Waals surface area contributed by atoms with Gasteiger partial charge in [0.2, 0.25) is 0 Å². The maximum absolute atomic E-state index is 9.31. The zero-order chi connectivity index (χ0) is 15.0. The Kier molecular flexibility index (Phi) is 3.53. The first-order chi connectivity index (χ1) is 10.1. The van der Waals surface area contributed by atoms with Crippen LogP contribution in [0.15, 0.2) is 33.6 Å². The number of nitriles is 1. The molecular formula is C15H12N4S2. The summed E-state index contributed by atoms with van der Waals surface area (Å²) in [6.45, 7) is 3.85. The molecule has 2 N–H and O–H groups in total. The van der Waals surface area contributed by atoms with E-state index in [0.717, 1.165) is 31.5 Å². The zero-order valence-electron chi connectivity index (χ0n) is 11.5. The first-order valence-corrected chi connectivity index (χ1v) is 7.92. The van der Waals surface area contributed by atoms with Gasteiger partial charge in [0.05, 0.1) is 15.8 Å². The Hall–Kier alpha value is -2.10. The van der Waals surface area contributed by atoms with Crippen molar-refractivity contribution in [3.63, 3.8) is 0 Å². The highest BCUT2D eigenvalue weighted by molar-refractivity contribution is 8.01. The van der Waals surface area contributed by atoms with Gasteiger partial charge in [0.25, 0.3) is 0 Å². The standard InChI is InChI=1S/C15H12N4S2/c1-8-5-9(2)18-14(11(8)7-16)21-15-19-12-4-3-10(17)6-13(12)20-15/h3-6H,17H2,1-2H3. The van der Waals surface area contributed by atoms with Gasteiger partial charge < -0.3 is 5.73 Å². The number of rotatable bonds is 2. The lowest BCUT2D eigenvalue weighted by Gasteiger charge is -2.05. The molecular weight excluding hydrogens is 300 g/mol. The molecule has 0 aliphatic heterocycles. The van der Waals surface area contributed by atoms with Gasteiger partial charge >= 0.3 is 0 Å². The quantitative estimate of drug-likeness (QED) is 0.726. The summed E-state index contributed by atoms with van der Waals surface area (Å²) in [5.41, 5.74) is 9.89. The molecule has 0 amide bonds. The molecule has 0 radical (unpaired) electrons. The summed E-state index contributed by atoms with van der Waals surface area (Å²) < 4.78 is 1.91. The fourth-order valence-electron chi connectivity index (χ4n) is 2.06. The molecule has 0 unspecified atom stereocenters. The lowest BCUT2D eigenvalue weighted by Crippen LogP contribution is -1.93. The summed E-state index contributed by atoms with van der Waals surface area (Å²) in [7, 11) is 0. The largest absolute Gasteiger partial charge is 0.399 e. The van der Waals surface area contributed by atoms with E-state index in [9.17, 15) is 5.26 Å². The van der Waals surface area contributed by atoms with Gasteiger partial charge in [0.1, 0.15) is 11.1 Å². The number of fused-ring (bicyclic) bond motifs is 1. The van der Waals surface area contributed by atoms with E-state index >= 15 is 0 Å². The zero-order valence-corrected chi connectivity index (χ0v) is 13.2. The number of nitrogen functional groups attached to an aromatic ring is 1. The Labute approximate surface area is 130 Å². The summed E-state index contributed by atoms with van der Waals surface area (Å²) in [6.07, 6.45) is 0. The predicted octanol–water partition coefficient (Wildman–Crippen LogP) is 3.91. The summed E-state index contributed by atoms with van der Waals surface area (Å²) in [5.74, 6) is 0. The van der Waals surface area contributed by atoms with Crippen LogP contribution in [0.4, 0.5) is 5.69 Å². The monoisotopic (exact) mass is 312 g/mol. The Balaban J connectivity index is 2.04. The highest BCUT2D eigenvalue weighted by Crippen LogP contribution is 2.36. The third kappa shape index (κ3) is 2.71. The van der Waals surface area contributed by atoms with E-state index in [1.807, 2.05) is 38.1 Å². The predicted molar refractivity (Wildman–Crippen MR) is 86.6 cm³/mol. The van der Waals surface area contributed by atoms with Crippen molar-refractivity contribution in [3.05, 3.63) is 41.1 Å². The van der Waals surface area contributed by atoms with Crippen molar-refractivity contribution < 1.29 is 0 Å². The fraction of sp³-hybridized carbons (Fsp3) is 0.133. The van der Waals surface area contributed by atoms with E-state index in [2.05, 4.69) is 16.0 Å². The topological polar surface area (TPSA) is 75.6 Å². The first-order valence-electron chi connectivity index (χ1n) is 6.29. The van der Waals surface area contributed by atoms with E-state index in [1.165, 1.54) is 11.8 Å². The molecule has 0 aliphatic rings. The van der Waals surface area contributed by atoms with Crippen molar-refractivity contribution in [2.24, 2.45) is 0 Å². The van der Waals surface area contributed by atoms with Crippen LogP contribution < -0.4 is 5.73 Å². The van der Waals surface area contributed by atoms with Crippen LogP contribution in [0.5, 0.6) is 0 Å². The van der Waals surface area contributed by atoms with Crippen molar-refractivity contribution in [2.45, 2.75) is 23.2 Å². The van der Waals surface area contributed by atoms with Gasteiger partial charge in [0.15, 0.2) is 4.34 Å². The van der Waals surface area contributed by atoms with Crippen LogP contribution >= 0.6 is 23.1 Å². The van der Waals surface area contributed by atoms with Crippen molar-refractivity contribution in [2.75, 3.05) is 5.73 Å². The Morgan fingerprint density at radius 1 is 1.24 bits per heavy atom. The van der Waals surface area contributed by atoms with E-state index in [1.54, 1.807) is 11.3 Å². The second kappa shape index (κ2) is 5.35. The summed E-state index contributed by atoms with van der Waals surface area (Å²) >= 11 is 2.99. The van der Waals surface area contributed by atoms with E-state index in [0.29, 0.717) is 10.6 Å². The molecule has 21 heavy (non-hydrogen) atoms. The lowest BCUT2D eigenvalue weighted by atomic mass is 10.1. The van der Waals surface area contributed by atoms with Gasteiger partial charge in [-0.3, -0.25) is 0 Å². The normalized spacial score (nSPS) is 10.7. The molecule has 6 heteroatoms. The lowest BCUT2D eigenvalue weighted by molar-refractivity contribution is 1.03. The number of hydrogen-bond acceptors (Lipinski definition) is 6. The number of aromatic nitrogens is 2. The third-order valence-corrected chi connectivity index (χ3v) is 5.07. The highest BCUT2D eigenvalue weighted by Gasteiger charge is 2.13. The molecule has 0 saturated carbocycles. The molecule has 1 aromatic carbocycles. The minimum absolute atomic E-state index is 0.615. The van der Waals surface area contributed by atoms with Crippen molar-refractivity contribution in [1.29, 1.82) is 5.26 Å². The number of pyridine rings is 1. The van der Waals surface area contributed by atoms with Crippen LogP contribution in [0, 0.1) is 25.2 Å². The number of anilines is 1. The number of benzene rings is 1. The first kappa shape index (κ1) is 13.9. The summed E-state index contributed by atoms with van der Waals surface area (Å²) in [5, 5.41) is 10.0. The van der Waals surface area contributed by atoms with Crippen molar-refractivity contribution in [1.82, 2.24) is 9.97 Å². The van der Waals surface area contributed by atoms with Crippen LogP contribution in [0.1, 0.15) is 16.8 Å². The summed E-state index contributed by atoms with van der Waals surface area (Å²) in [6, 6.07) is 9.81. The smallest absolute Gasteiger partial charge is 0.157 e. The maximum Gasteiger partial charge on any atom is 0.157 e. The molecule has 2 heterocycles. The molecule has 3 rings (SSSR count). The SMILES string of the molecule is Cc1cc(C)c(C#N)c(Sc2nc3ccc(N)cc3s2)n1. The van der Waals surface area contributed by atoms with Crippen LogP contribution in [-0.4, -0.2) is 9.97 Å². The van der Waals surface area contributed by atoms with E-state index in [4.69, 9.17) is 5.73 Å². The third-order valence-electron chi connectivity index (χ3n) is 3.00. The Morgan fingerprint density at radius 2 is 2.05 bits per heavy atom. The molecule has 0 spiro atoms. The number of nitrogens with zero attached hydrogens (tertiary/aromatic N) is 3. The van der Waals surface area contributed by atoms with Gasteiger partial charge in [-0.2, -0.15) is 5.26 Å². The van der Waals surface area contributed by atoms with Gasteiger partial charge in [-0.15, -0.1) is 11.3 Å². The van der Waals surface area contributed by atoms with Gasteiger partial charge in [-0.25, -0.2) is 9.97 Å². The van der Waals surface area contributed by atoms with E-state index in [-0.39, 0.29) is 0 Å². The second-order valence-electron chi connectivity index (χ2n) is 4.68. The molecule has 0 fully saturated rings. The van der Waals surface area contributed by atoms with Crippen LogP contribution in [0.25, 0.3) is 10.2 Å². The number of thiazole rings is 1. The van der Waals surface area contributed by atoms with Crippen LogP contribution in [0.3, 0.4) is 0 Å².